The molecule has 2 aliphatic heterocycles. The SMILES string of the molecule is CN1Cc2c(OC3CC4(C3)CN(CCNc3ccn5cnnc5c3)C4)ccc(Cl)c2C1=O. The molecule has 1 N–H and O–H groups in total. The third kappa shape index (κ3) is 3.29. The lowest BCUT2D eigenvalue weighted by Crippen LogP contribution is -2.65. The number of benzene rings is 1. The number of ether oxygens (including phenoxy) is 1. The number of halogens is 1. The molecule has 1 saturated carbocycles. The largest absolute Gasteiger partial charge is 0.490 e. The van der Waals surface area contributed by atoms with Crippen molar-refractivity contribution < 1.29 is 9.53 Å². The van der Waals surface area contributed by atoms with E-state index in [0.717, 1.165) is 61.7 Å². The highest BCUT2D eigenvalue weighted by Gasteiger charge is 2.53. The molecule has 1 saturated heterocycles. The van der Waals surface area contributed by atoms with Gasteiger partial charge in [-0.2, -0.15) is 0 Å². The Morgan fingerprint density at radius 2 is 2.12 bits per heavy atom. The number of amides is 1. The van der Waals surface area contributed by atoms with Gasteiger partial charge in [-0.15, -0.1) is 10.2 Å². The monoisotopic (exact) mass is 452 g/mol. The quantitative estimate of drug-likeness (QED) is 0.619. The molecule has 0 unspecified atom stereocenters. The summed E-state index contributed by atoms with van der Waals surface area (Å²) in [5.74, 6) is 0.789. The number of likely N-dealkylation sites (tertiary alicyclic amines) is 1. The molecule has 3 aromatic rings. The second kappa shape index (κ2) is 7.35. The van der Waals surface area contributed by atoms with Crippen LogP contribution in [-0.4, -0.2) is 69.6 Å². The smallest absolute Gasteiger partial charge is 0.255 e. The zero-order valence-corrected chi connectivity index (χ0v) is 18.7. The lowest BCUT2D eigenvalue weighted by molar-refractivity contribution is -0.117. The first-order valence-corrected chi connectivity index (χ1v) is 11.4. The van der Waals surface area contributed by atoms with E-state index in [1.807, 2.05) is 28.8 Å². The van der Waals surface area contributed by atoms with Gasteiger partial charge in [0.15, 0.2) is 5.65 Å². The fourth-order valence-electron chi connectivity index (χ4n) is 5.37. The summed E-state index contributed by atoms with van der Waals surface area (Å²) in [5.41, 5.74) is 3.84. The minimum Gasteiger partial charge on any atom is -0.490 e. The van der Waals surface area contributed by atoms with Gasteiger partial charge in [-0.1, -0.05) is 11.6 Å². The Bertz CT molecular complexity index is 1200. The Morgan fingerprint density at radius 3 is 2.97 bits per heavy atom. The molecule has 4 heterocycles. The van der Waals surface area contributed by atoms with Gasteiger partial charge in [0.1, 0.15) is 12.1 Å². The van der Waals surface area contributed by atoms with Crippen molar-refractivity contribution >= 4 is 28.8 Å². The second-order valence-corrected chi connectivity index (χ2v) is 9.76. The van der Waals surface area contributed by atoms with Crippen molar-refractivity contribution in [3.8, 4) is 5.75 Å². The van der Waals surface area contributed by atoms with E-state index in [2.05, 4.69) is 20.4 Å². The number of hydrogen-bond donors (Lipinski definition) is 1. The van der Waals surface area contributed by atoms with Crippen molar-refractivity contribution in [2.45, 2.75) is 25.5 Å². The third-order valence-electron chi connectivity index (χ3n) is 6.97. The number of aromatic nitrogens is 3. The molecular formula is C23H25ClN6O2. The van der Waals surface area contributed by atoms with Crippen LogP contribution in [-0.2, 0) is 6.54 Å². The van der Waals surface area contributed by atoms with E-state index in [1.54, 1.807) is 24.3 Å². The van der Waals surface area contributed by atoms with Gasteiger partial charge in [-0.05, 0) is 31.0 Å². The van der Waals surface area contributed by atoms with Crippen LogP contribution in [0.1, 0.15) is 28.8 Å². The normalized spacial score (nSPS) is 19.8. The Labute approximate surface area is 191 Å². The Balaban J connectivity index is 0.977. The molecule has 0 radical (unpaired) electrons. The molecule has 1 amide bonds. The fourth-order valence-corrected chi connectivity index (χ4v) is 5.63. The molecule has 3 aliphatic rings. The molecule has 2 aromatic heterocycles. The highest BCUT2D eigenvalue weighted by molar-refractivity contribution is 6.34. The molecule has 9 heteroatoms. The number of hydrogen-bond acceptors (Lipinski definition) is 6. The zero-order chi connectivity index (χ0) is 21.9. The summed E-state index contributed by atoms with van der Waals surface area (Å²) in [4.78, 5) is 16.5. The number of carbonyl (C=O) groups is 1. The highest BCUT2D eigenvalue weighted by atomic mass is 35.5. The average molecular weight is 453 g/mol. The fraction of sp³-hybridized carbons (Fsp3) is 0.435. The summed E-state index contributed by atoms with van der Waals surface area (Å²) in [6, 6.07) is 7.74. The van der Waals surface area contributed by atoms with Crippen LogP contribution < -0.4 is 10.1 Å². The van der Waals surface area contributed by atoms with E-state index in [9.17, 15) is 4.79 Å². The zero-order valence-electron chi connectivity index (χ0n) is 17.9. The van der Waals surface area contributed by atoms with E-state index >= 15 is 0 Å². The summed E-state index contributed by atoms with van der Waals surface area (Å²) >= 11 is 6.26. The second-order valence-electron chi connectivity index (χ2n) is 9.36. The van der Waals surface area contributed by atoms with Crippen LogP contribution in [0.4, 0.5) is 5.69 Å². The van der Waals surface area contributed by atoms with Crippen molar-refractivity contribution in [3.63, 3.8) is 0 Å². The minimum absolute atomic E-state index is 0.0230. The number of anilines is 1. The lowest BCUT2D eigenvalue weighted by atomic mass is 9.61. The van der Waals surface area contributed by atoms with Crippen LogP contribution >= 0.6 is 11.6 Å². The summed E-state index contributed by atoms with van der Waals surface area (Å²) in [5, 5.41) is 12.0. The minimum atomic E-state index is -0.0230. The first kappa shape index (κ1) is 19.8. The van der Waals surface area contributed by atoms with E-state index in [1.165, 1.54) is 0 Å². The third-order valence-corrected chi connectivity index (χ3v) is 7.28. The summed E-state index contributed by atoms with van der Waals surface area (Å²) in [6.45, 7) is 4.73. The standard InChI is InChI=1S/C23H25ClN6O2/c1-28-11-17-19(3-2-18(24)21(17)22(28)31)32-16-9-23(10-16)12-29(13-23)7-5-25-15-4-6-30-14-26-27-20(30)8-15/h2-4,6,8,14,16,25H,5,7,9-13H2,1H3. The Kier molecular flexibility index (Phi) is 4.55. The first-order chi connectivity index (χ1) is 15.5. The van der Waals surface area contributed by atoms with Gasteiger partial charge in [-0.25, -0.2) is 0 Å². The van der Waals surface area contributed by atoms with Crippen LogP contribution in [0.5, 0.6) is 5.75 Å². The summed E-state index contributed by atoms with van der Waals surface area (Å²) < 4.78 is 8.19. The molecule has 0 atom stereocenters. The van der Waals surface area contributed by atoms with Crippen molar-refractivity contribution in [3.05, 3.63) is 52.9 Å². The molecule has 32 heavy (non-hydrogen) atoms. The maximum Gasteiger partial charge on any atom is 0.255 e. The van der Waals surface area contributed by atoms with Crippen LogP contribution in [0, 0.1) is 5.41 Å². The molecule has 8 nitrogen and oxygen atoms in total. The van der Waals surface area contributed by atoms with Gasteiger partial charge in [0, 0.05) is 62.2 Å². The number of carbonyl (C=O) groups excluding carboxylic acids is 1. The number of pyridine rings is 1. The average Bonchev–Trinajstić information content (AvgIpc) is 3.30. The van der Waals surface area contributed by atoms with Gasteiger partial charge in [-0.3, -0.25) is 9.20 Å². The lowest BCUT2D eigenvalue weighted by Gasteiger charge is -2.58. The van der Waals surface area contributed by atoms with Crippen molar-refractivity contribution in [1.82, 2.24) is 24.4 Å². The van der Waals surface area contributed by atoms with Crippen LogP contribution in [0.3, 0.4) is 0 Å². The Hall–Kier alpha value is -2.84. The molecule has 1 spiro atoms. The highest BCUT2D eigenvalue weighted by Crippen LogP contribution is 2.50. The number of rotatable bonds is 6. The molecule has 166 valence electrons. The van der Waals surface area contributed by atoms with E-state index in [4.69, 9.17) is 16.3 Å². The molecular weight excluding hydrogens is 428 g/mol. The van der Waals surface area contributed by atoms with Gasteiger partial charge >= 0.3 is 0 Å². The number of nitrogens with zero attached hydrogens (tertiary/aromatic N) is 5. The topological polar surface area (TPSA) is 75.0 Å². The number of fused-ring (bicyclic) bond motifs is 2. The van der Waals surface area contributed by atoms with Crippen LogP contribution in [0.2, 0.25) is 5.02 Å². The molecule has 1 aromatic carbocycles. The molecule has 1 aliphatic carbocycles. The predicted octanol–water partition coefficient (Wildman–Crippen LogP) is 2.92. The molecule has 2 fully saturated rings. The summed E-state index contributed by atoms with van der Waals surface area (Å²) in [6.07, 6.45) is 6.03. The van der Waals surface area contributed by atoms with Gasteiger partial charge in [0.05, 0.1) is 23.2 Å². The number of nitrogens with one attached hydrogen (secondary N) is 1. The first-order valence-electron chi connectivity index (χ1n) is 11.0. The Morgan fingerprint density at radius 1 is 1.28 bits per heavy atom. The van der Waals surface area contributed by atoms with Gasteiger partial charge < -0.3 is 19.9 Å². The maximum absolute atomic E-state index is 12.3. The van der Waals surface area contributed by atoms with Crippen molar-refractivity contribution in [2.24, 2.45) is 5.41 Å². The van der Waals surface area contributed by atoms with E-state index in [-0.39, 0.29) is 12.0 Å². The van der Waals surface area contributed by atoms with Crippen molar-refractivity contribution in [2.75, 3.05) is 38.5 Å². The van der Waals surface area contributed by atoms with Gasteiger partial charge in [0.25, 0.3) is 5.91 Å². The molecule has 6 rings (SSSR count). The summed E-state index contributed by atoms with van der Waals surface area (Å²) in [7, 11) is 1.80. The maximum atomic E-state index is 12.3. The molecule has 0 bridgehead atoms. The predicted molar refractivity (Wildman–Crippen MR) is 121 cm³/mol. The van der Waals surface area contributed by atoms with Gasteiger partial charge in [0.2, 0.25) is 0 Å². The van der Waals surface area contributed by atoms with E-state index < -0.39 is 0 Å². The van der Waals surface area contributed by atoms with Crippen LogP contribution in [0.25, 0.3) is 5.65 Å². The van der Waals surface area contributed by atoms with E-state index in [0.29, 0.717) is 22.5 Å². The van der Waals surface area contributed by atoms with Crippen molar-refractivity contribution in [1.29, 1.82) is 0 Å². The van der Waals surface area contributed by atoms with Crippen LogP contribution in [0.15, 0.2) is 36.8 Å².